The van der Waals surface area contributed by atoms with Crippen LogP contribution in [0.4, 0.5) is 0 Å². The summed E-state index contributed by atoms with van der Waals surface area (Å²) in [4.78, 5) is 4.17. The summed E-state index contributed by atoms with van der Waals surface area (Å²) in [6.45, 7) is 3.76. The van der Waals surface area contributed by atoms with Gasteiger partial charge in [-0.3, -0.25) is 4.99 Å². The highest BCUT2D eigenvalue weighted by Gasteiger charge is 2.36. The van der Waals surface area contributed by atoms with Gasteiger partial charge < -0.3 is 15.4 Å². The Morgan fingerprint density at radius 2 is 2.33 bits per heavy atom. The molecule has 0 bridgehead atoms. The van der Waals surface area contributed by atoms with E-state index >= 15 is 0 Å². The highest BCUT2D eigenvalue weighted by atomic mass is 16.5. The molecule has 2 unspecified atom stereocenters. The Balaban J connectivity index is 2.13. The van der Waals surface area contributed by atoms with E-state index in [1.165, 1.54) is 19.3 Å². The van der Waals surface area contributed by atoms with Crippen molar-refractivity contribution in [1.29, 1.82) is 0 Å². The second-order valence-electron chi connectivity index (χ2n) is 4.03. The second kappa shape index (κ2) is 6.67. The quantitative estimate of drug-likeness (QED) is 0.393. The van der Waals surface area contributed by atoms with E-state index in [9.17, 15) is 0 Å². The Morgan fingerprint density at radius 1 is 1.53 bits per heavy atom. The molecule has 1 aliphatic carbocycles. The topological polar surface area (TPSA) is 45.7 Å². The average Bonchev–Trinajstić information content (AvgIpc) is 2.96. The molecule has 0 aliphatic heterocycles. The van der Waals surface area contributed by atoms with Crippen LogP contribution in [-0.2, 0) is 4.74 Å². The molecule has 0 aromatic rings. The van der Waals surface area contributed by atoms with Crippen molar-refractivity contribution in [2.45, 2.75) is 32.2 Å². The zero-order valence-corrected chi connectivity index (χ0v) is 10.0. The third-order valence-corrected chi connectivity index (χ3v) is 2.73. The minimum absolute atomic E-state index is 0.638. The molecule has 1 saturated carbocycles. The van der Waals surface area contributed by atoms with Gasteiger partial charge >= 0.3 is 0 Å². The highest BCUT2D eigenvalue weighted by molar-refractivity contribution is 5.80. The lowest BCUT2D eigenvalue weighted by Gasteiger charge is -2.11. The molecule has 4 heteroatoms. The maximum Gasteiger partial charge on any atom is 0.191 e. The molecular formula is C11H23N3O. The van der Waals surface area contributed by atoms with E-state index in [0.717, 1.165) is 18.4 Å². The van der Waals surface area contributed by atoms with Crippen LogP contribution in [0, 0.1) is 5.92 Å². The van der Waals surface area contributed by atoms with Crippen molar-refractivity contribution < 1.29 is 4.74 Å². The van der Waals surface area contributed by atoms with E-state index in [-0.39, 0.29) is 0 Å². The Bertz CT molecular complexity index is 206. The largest absolute Gasteiger partial charge is 0.383 e. The fourth-order valence-corrected chi connectivity index (χ4v) is 1.76. The van der Waals surface area contributed by atoms with Gasteiger partial charge in [0.25, 0.3) is 0 Å². The van der Waals surface area contributed by atoms with Crippen LogP contribution in [0.1, 0.15) is 26.2 Å². The summed E-state index contributed by atoms with van der Waals surface area (Å²) in [6, 6.07) is 0.638. The molecular weight excluding hydrogens is 190 g/mol. The van der Waals surface area contributed by atoms with Crippen molar-refractivity contribution in [2.24, 2.45) is 10.9 Å². The van der Waals surface area contributed by atoms with Crippen LogP contribution in [0.5, 0.6) is 0 Å². The fraction of sp³-hybridized carbons (Fsp3) is 0.909. The van der Waals surface area contributed by atoms with Gasteiger partial charge in [0.2, 0.25) is 0 Å². The predicted octanol–water partition coefficient (Wildman–Crippen LogP) is 0.986. The number of rotatable bonds is 6. The van der Waals surface area contributed by atoms with Crippen molar-refractivity contribution in [2.75, 3.05) is 27.3 Å². The Morgan fingerprint density at radius 3 is 2.93 bits per heavy atom. The third kappa shape index (κ3) is 4.51. The minimum atomic E-state index is 0.638. The number of hydrogen-bond donors (Lipinski definition) is 2. The first-order valence-electron chi connectivity index (χ1n) is 5.78. The normalized spacial score (nSPS) is 25.1. The van der Waals surface area contributed by atoms with Crippen LogP contribution < -0.4 is 10.6 Å². The number of ether oxygens (including phenoxy) is 1. The number of nitrogens with zero attached hydrogens (tertiary/aromatic N) is 1. The Hall–Kier alpha value is -0.770. The first kappa shape index (κ1) is 12.3. The van der Waals surface area contributed by atoms with Crippen LogP contribution >= 0.6 is 0 Å². The second-order valence-corrected chi connectivity index (χ2v) is 4.03. The van der Waals surface area contributed by atoms with Crippen LogP contribution in [-0.4, -0.2) is 39.3 Å². The minimum Gasteiger partial charge on any atom is -0.383 e. The Kier molecular flexibility index (Phi) is 5.47. The molecule has 1 aliphatic rings. The third-order valence-electron chi connectivity index (χ3n) is 2.73. The molecule has 15 heavy (non-hydrogen) atoms. The highest BCUT2D eigenvalue weighted by Crippen LogP contribution is 2.34. The zero-order valence-electron chi connectivity index (χ0n) is 10.0. The van der Waals surface area contributed by atoms with Crippen LogP contribution in [0.25, 0.3) is 0 Å². The molecule has 2 atom stereocenters. The van der Waals surface area contributed by atoms with Gasteiger partial charge in [-0.25, -0.2) is 0 Å². The lowest BCUT2D eigenvalue weighted by Crippen LogP contribution is -2.40. The summed E-state index contributed by atoms with van der Waals surface area (Å²) in [7, 11) is 3.51. The first-order chi connectivity index (χ1) is 7.31. The summed E-state index contributed by atoms with van der Waals surface area (Å²) in [5.74, 6) is 1.76. The van der Waals surface area contributed by atoms with Gasteiger partial charge in [0.15, 0.2) is 5.96 Å². The standard InChI is InChI=1S/C11H23N3O/c1-4-5-9-8-10(9)14-11(12-2)13-6-7-15-3/h9-10H,4-8H2,1-3H3,(H2,12,13,14). The molecule has 0 heterocycles. The van der Waals surface area contributed by atoms with E-state index in [1.807, 2.05) is 0 Å². The molecule has 2 N–H and O–H groups in total. The SMILES string of the molecule is CCCC1CC1NC(=NC)NCCOC. The molecule has 0 radical (unpaired) electrons. The van der Waals surface area contributed by atoms with Crippen molar-refractivity contribution in [3.05, 3.63) is 0 Å². The molecule has 0 spiro atoms. The number of methoxy groups -OCH3 is 1. The van der Waals surface area contributed by atoms with Gasteiger partial charge in [0.1, 0.15) is 0 Å². The summed E-state index contributed by atoms with van der Waals surface area (Å²) < 4.78 is 4.97. The van der Waals surface area contributed by atoms with Crippen molar-refractivity contribution >= 4 is 5.96 Å². The fourth-order valence-electron chi connectivity index (χ4n) is 1.76. The van der Waals surface area contributed by atoms with Gasteiger partial charge in [-0.05, 0) is 18.8 Å². The van der Waals surface area contributed by atoms with Gasteiger partial charge in [-0.15, -0.1) is 0 Å². The number of hydrogen-bond acceptors (Lipinski definition) is 2. The van der Waals surface area contributed by atoms with E-state index in [2.05, 4.69) is 22.5 Å². The molecule has 1 rings (SSSR count). The van der Waals surface area contributed by atoms with E-state index < -0.39 is 0 Å². The van der Waals surface area contributed by atoms with Gasteiger partial charge in [0, 0.05) is 26.7 Å². The van der Waals surface area contributed by atoms with Crippen LogP contribution in [0.2, 0.25) is 0 Å². The summed E-state index contributed by atoms with van der Waals surface area (Å²) >= 11 is 0. The van der Waals surface area contributed by atoms with Crippen molar-refractivity contribution in [3.63, 3.8) is 0 Å². The van der Waals surface area contributed by atoms with Crippen molar-refractivity contribution in [3.8, 4) is 0 Å². The first-order valence-corrected chi connectivity index (χ1v) is 5.78. The van der Waals surface area contributed by atoms with E-state index in [1.54, 1.807) is 14.2 Å². The lowest BCUT2D eigenvalue weighted by molar-refractivity contribution is 0.203. The predicted molar refractivity (Wildman–Crippen MR) is 63.2 cm³/mol. The number of nitrogens with one attached hydrogen (secondary N) is 2. The molecule has 0 aromatic carbocycles. The zero-order chi connectivity index (χ0) is 11.1. The monoisotopic (exact) mass is 213 g/mol. The molecule has 0 saturated heterocycles. The van der Waals surface area contributed by atoms with Crippen molar-refractivity contribution in [1.82, 2.24) is 10.6 Å². The van der Waals surface area contributed by atoms with E-state index in [4.69, 9.17) is 4.74 Å². The van der Waals surface area contributed by atoms with E-state index in [0.29, 0.717) is 12.6 Å². The number of guanidine groups is 1. The van der Waals surface area contributed by atoms with Crippen LogP contribution in [0.15, 0.2) is 4.99 Å². The number of aliphatic imine (C=N–C) groups is 1. The molecule has 88 valence electrons. The smallest absolute Gasteiger partial charge is 0.191 e. The average molecular weight is 213 g/mol. The molecule has 1 fully saturated rings. The summed E-state index contributed by atoms with van der Waals surface area (Å²) in [5, 5.41) is 6.64. The lowest BCUT2D eigenvalue weighted by atomic mass is 10.2. The Labute approximate surface area is 92.5 Å². The molecule has 4 nitrogen and oxygen atoms in total. The summed E-state index contributed by atoms with van der Waals surface area (Å²) in [5.41, 5.74) is 0. The van der Waals surface area contributed by atoms with Gasteiger partial charge in [-0.1, -0.05) is 13.3 Å². The van der Waals surface area contributed by atoms with Gasteiger partial charge in [0.05, 0.1) is 6.61 Å². The van der Waals surface area contributed by atoms with Crippen LogP contribution in [0.3, 0.4) is 0 Å². The maximum absolute atomic E-state index is 4.97. The maximum atomic E-state index is 4.97. The van der Waals surface area contributed by atoms with Gasteiger partial charge in [-0.2, -0.15) is 0 Å². The molecule has 0 aromatic heterocycles. The summed E-state index contributed by atoms with van der Waals surface area (Å²) in [6.07, 6.45) is 3.89. The molecule has 0 amide bonds.